The Morgan fingerprint density at radius 1 is 1.33 bits per heavy atom. The monoisotopic (exact) mass is 262 g/mol. The highest BCUT2D eigenvalue weighted by Crippen LogP contribution is 2.28. The first kappa shape index (κ1) is 12.9. The van der Waals surface area contributed by atoms with E-state index in [0.29, 0.717) is 15.8 Å². The molecular weight excluding hydrogens is 251 g/mol. The Bertz CT molecular complexity index is 364. The Kier molecular flexibility index (Phi) is 4.97. The van der Waals surface area contributed by atoms with Crippen molar-refractivity contribution in [3.63, 3.8) is 0 Å². The highest BCUT2D eigenvalue weighted by atomic mass is 35.5. The van der Waals surface area contributed by atoms with E-state index in [1.807, 2.05) is 19.9 Å². The molecule has 0 unspecified atom stereocenters. The second-order valence-electron chi connectivity index (χ2n) is 3.49. The van der Waals surface area contributed by atoms with Crippen LogP contribution in [0.25, 0.3) is 0 Å². The second-order valence-corrected chi connectivity index (χ2v) is 5.35. The third kappa shape index (κ3) is 4.06. The lowest BCUT2D eigenvalue weighted by molar-refractivity contribution is -0.119. The van der Waals surface area contributed by atoms with Gasteiger partial charge in [-0.2, -0.15) is 0 Å². The fourth-order valence-corrected chi connectivity index (χ4v) is 2.26. The largest absolute Gasteiger partial charge is 0.298 e. The Hall–Kier alpha value is -0.180. The van der Waals surface area contributed by atoms with Crippen molar-refractivity contribution in [2.45, 2.75) is 18.7 Å². The van der Waals surface area contributed by atoms with Gasteiger partial charge in [-0.3, -0.25) is 4.79 Å². The van der Waals surface area contributed by atoms with Crippen LogP contribution >= 0.6 is 35.0 Å². The molecular formula is C11H12Cl2OS. The molecule has 0 N–H and O–H groups in total. The van der Waals surface area contributed by atoms with Gasteiger partial charge >= 0.3 is 0 Å². The smallest absolute Gasteiger partial charge is 0.145 e. The topological polar surface area (TPSA) is 17.1 Å². The number of ketones is 1. The van der Waals surface area contributed by atoms with Gasteiger partial charge in [-0.25, -0.2) is 0 Å². The van der Waals surface area contributed by atoms with E-state index in [0.717, 1.165) is 4.90 Å². The molecule has 0 aliphatic rings. The number of hydrogen-bond donors (Lipinski definition) is 0. The Labute approximate surface area is 104 Å². The molecule has 0 radical (unpaired) electrons. The van der Waals surface area contributed by atoms with Crippen molar-refractivity contribution in [3.05, 3.63) is 28.2 Å². The minimum absolute atomic E-state index is 0.0836. The van der Waals surface area contributed by atoms with E-state index in [2.05, 4.69) is 0 Å². The number of Topliss-reactive ketones (excluding diaryl/α,β-unsaturated/α-hetero) is 1. The molecule has 1 aromatic carbocycles. The van der Waals surface area contributed by atoms with Gasteiger partial charge in [-0.15, -0.1) is 11.8 Å². The van der Waals surface area contributed by atoms with Crippen LogP contribution in [0.15, 0.2) is 23.1 Å². The van der Waals surface area contributed by atoms with Crippen molar-refractivity contribution >= 4 is 40.7 Å². The number of halogens is 2. The van der Waals surface area contributed by atoms with Crippen molar-refractivity contribution in [3.8, 4) is 0 Å². The summed E-state index contributed by atoms with van der Waals surface area (Å²) in [6.07, 6.45) is 0. The Morgan fingerprint density at radius 2 is 2.00 bits per heavy atom. The maximum Gasteiger partial charge on any atom is 0.145 e. The fraction of sp³-hybridized carbons (Fsp3) is 0.364. The van der Waals surface area contributed by atoms with Crippen molar-refractivity contribution < 1.29 is 4.79 Å². The number of carbonyl (C=O) groups excluding carboxylic acids is 1. The van der Waals surface area contributed by atoms with E-state index in [1.165, 1.54) is 11.8 Å². The molecule has 0 amide bonds. The van der Waals surface area contributed by atoms with Gasteiger partial charge in [0.25, 0.3) is 0 Å². The summed E-state index contributed by atoms with van der Waals surface area (Å²) in [7, 11) is 0. The zero-order chi connectivity index (χ0) is 11.4. The highest BCUT2D eigenvalue weighted by molar-refractivity contribution is 8.00. The number of hydrogen-bond acceptors (Lipinski definition) is 2. The van der Waals surface area contributed by atoms with Crippen molar-refractivity contribution in [2.24, 2.45) is 5.92 Å². The average molecular weight is 263 g/mol. The van der Waals surface area contributed by atoms with E-state index in [-0.39, 0.29) is 11.7 Å². The average Bonchev–Trinajstić information content (AvgIpc) is 2.19. The first-order valence-corrected chi connectivity index (χ1v) is 6.35. The molecule has 0 atom stereocenters. The molecule has 15 heavy (non-hydrogen) atoms. The summed E-state index contributed by atoms with van der Waals surface area (Å²) in [6.45, 7) is 3.80. The van der Waals surface area contributed by atoms with Crippen LogP contribution in [0.3, 0.4) is 0 Å². The van der Waals surface area contributed by atoms with Crippen molar-refractivity contribution in [2.75, 3.05) is 5.75 Å². The lowest BCUT2D eigenvalue weighted by Gasteiger charge is -2.04. The van der Waals surface area contributed by atoms with Gasteiger partial charge < -0.3 is 0 Å². The molecule has 82 valence electrons. The molecule has 0 fully saturated rings. The van der Waals surface area contributed by atoms with Crippen LogP contribution in [-0.4, -0.2) is 11.5 Å². The molecule has 1 rings (SSSR count). The number of thioether (sulfide) groups is 1. The minimum atomic E-state index is 0.0836. The van der Waals surface area contributed by atoms with Crippen molar-refractivity contribution in [1.82, 2.24) is 0 Å². The lowest BCUT2D eigenvalue weighted by atomic mass is 10.1. The number of benzene rings is 1. The highest BCUT2D eigenvalue weighted by Gasteiger charge is 2.08. The third-order valence-electron chi connectivity index (χ3n) is 1.92. The summed E-state index contributed by atoms with van der Waals surface area (Å²) in [5.74, 6) is 0.807. The molecule has 0 spiro atoms. The summed E-state index contributed by atoms with van der Waals surface area (Å²) in [6, 6.07) is 5.39. The van der Waals surface area contributed by atoms with E-state index in [9.17, 15) is 4.79 Å². The molecule has 0 bridgehead atoms. The molecule has 0 saturated heterocycles. The van der Waals surface area contributed by atoms with Gasteiger partial charge in [-0.05, 0) is 18.2 Å². The first-order chi connectivity index (χ1) is 7.00. The maximum atomic E-state index is 11.4. The second kappa shape index (κ2) is 5.78. The molecule has 0 aromatic heterocycles. The summed E-state index contributed by atoms with van der Waals surface area (Å²) < 4.78 is 0. The van der Waals surface area contributed by atoms with Crippen LogP contribution in [0.5, 0.6) is 0 Å². The Balaban J connectivity index is 2.58. The van der Waals surface area contributed by atoms with Gasteiger partial charge in [0.1, 0.15) is 5.78 Å². The molecule has 0 heterocycles. The van der Waals surface area contributed by atoms with Crippen LogP contribution in [0.2, 0.25) is 10.0 Å². The van der Waals surface area contributed by atoms with Gasteiger partial charge in [-0.1, -0.05) is 37.0 Å². The van der Waals surface area contributed by atoms with Crippen LogP contribution < -0.4 is 0 Å². The van der Waals surface area contributed by atoms with Crippen molar-refractivity contribution in [1.29, 1.82) is 0 Å². The Morgan fingerprint density at radius 3 is 2.53 bits per heavy atom. The number of carbonyl (C=O) groups is 1. The predicted molar refractivity (Wildman–Crippen MR) is 67.0 cm³/mol. The summed E-state index contributed by atoms with van der Waals surface area (Å²) in [5.41, 5.74) is 0. The van der Waals surface area contributed by atoms with Gasteiger partial charge in [0.2, 0.25) is 0 Å². The predicted octanol–water partition coefficient (Wildman–Crippen LogP) is 4.31. The van der Waals surface area contributed by atoms with Gasteiger partial charge in [0, 0.05) is 10.8 Å². The summed E-state index contributed by atoms with van der Waals surface area (Å²) in [5, 5.41) is 1.06. The fourth-order valence-electron chi connectivity index (χ4n) is 0.888. The third-order valence-corrected chi connectivity index (χ3v) is 3.67. The molecule has 1 nitrogen and oxygen atoms in total. The minimum Gasteiger partial charge on any atom is -0.298 e. The van der Waals surface area contributed by atoms with E-state index >= 15 is 0 Å². The van der Waals surface area contributed by atoms with Crippen LogP contribution in [-0.2, 0) is 4.79 Å². The van der Waals surface area contributed by atoms with Crippen LogP contribution in [0.1, 0.15) is 13.8 Å². The molecule has 0 saturated carbocycles. The SMILES string of the molecule is CC(C)C(=O)CSc1ccc(Cl)c(Cl)c1. The standard InChI is InChI=1S/C11H12Cl2OS/c1-7(2)11(14)6-15-8-3-4-9(12)10(13)5-8/h3-5,7H,6H2,1-2H3. The van der Waals surface area contributed by atoms with E-state index in [1.54, 1.807) is 12.1 Å². The van der Waals surface area contributed by atoms with Gasteiger partial charge in [0.15, 0.2) is 0 Å². The van der Waals surface area contributed by atoms with E-state index < -0.39 is 0 Å². The quantitative estimate of drug-likeness (QED) is 0.753. The maximum absolute atomic E-state index is 11.4. The molecule has 1 aromatic rings. The van der Waals surface area contributed by atoms with Crippen LogP contribution in [0.4, 0.5) is 0 Å². The molecule has 0 aliphatic carbocycles. The number of rotatable bonds is 4. The summed E-state index contributed by atoms with van der Waals surface area (Å²) >= 11 is 13.1. The van der Waals surface area contributed by atoms with E-state index in [4.69, 9.17) is 23.2 Å². The summed E-state index contributed by atoms with van der Waals surface area (Å²) in [4.78, 5) is 12.4. The van der Waals surface area contributed by atoms with Crippen LogP contribution in [0, 0.1) is 5.92 Å². The van der Waals surface area contributed by atoms with Gasteiger partial charge in [0.05, 0.1) is 15.8 Å². The first-order valence-electron chi connectivity index (χ1n) is 4.61. The lowest BCUT2D eigenvalue weighted by Crippen LogP contribution is -2.09. The normalized spacial score (nSPS) is 10.7. The molecule has 0 aliphatic heterocycles. The zero-order valence-electron chi connectivity index (χ0n) is 8.59. The molecule has 4 heteroatoms. The zero-order valence-corrected chi connectivity index (χ0v) is 10.9.